The summed E-state index contributed by atoms with van der Waals surface area (Å²) in [6.45, 7) is 9.60. The van der Waals surface area contributed by atoms with Crippen molar-refractivity contribution in [2.75, 3.05) is 18.5 Å². The van der Waals surface area contributed by atoms with Gasteiger partial charge in [-0.3, -0.25) is 4.79 Å². The summed E-state index contributed by atoms with van der Waals surface area (Å²) >= 11 is 6.93. The lowest BCUT2D eigenvalue weighted by molar-refractivity contribution is -0.116. The van der Waals surface area contributed by atoms with E-state index >= 15 is 0 Å². The van der Waals surface area contributed by atoms with Crippen LogP contribution >= 0.6 is 23.6 Å². The van der Waals surface area contributed by atoms with E-state index in [1.807, 2.05) is 25.1 Å². The Morgan fingerprint density at radius 3 is 3.00 bits per heavy atom. The van der Waals surface area contributed by atoms with E-state index in [1.54, 1.807) is 0 Å². The third-order valence-electron chi connectivity index (χ3n) is 4.54. The van der Waals surface area contributed by atoms with Gasteiger partial charge in [-0.1, -0.05) is 11.3 Å². The number of aromatic nitrogens is 1. The molecule has 1 aromatic heterocycles. The smallest absolute Gasteiger partial charge is 0.227 e. The molecule has 3 rings (SSSR count). The number of anilines is 1. The SMILES string of the molecule is CCOc1ccc2nc(NC(=O)CCN3C(=S)NC(C)(C)C[C@H]3C)sc2c1. The minimum Gasteiger partial charge on any atom is -0.494 e. The molecule has 1 saturated heterocycles. The highest BCUT2D eigenvalue weighted by Crippen LogP contribution is 2.29. The van der Waals surface area contributed by atoms with Gasteiger partial charge < -0.3 is 20.3 Å². The Hall–Kier alpha value is -1.93. The minimum absolute atomic E-state index is 0.00337. The molecule has 27 heavy (non-hydrogen) atoms. The van der Waals surface area contributed by atoms with Gasteiger partial charge in [-0.15, -0.1) is 0 Å². The van der Waals surface area contributed by atoms with Gasteiger partial charge in [-0.05, 0) is 64.5 Å². The number of amides is 1. The fourth-order valence-corrected chi connectivity index (χ4v) is 4.86. The van der Waals surface area contributed by atoms with Gasteiger partial charge in [0.2, 0.25) is 5.91 Å². The van der Waals surface area contributed by atoms with Crippen LogP contribution in [0.25, 0.3) is 10.2 Å². The van der Waals surface area contributed by atoms with Crippen LogP contribution in [0.4, 0.5) is 5.13 Å². The van der Waals surface area contributed by atoms with Crippen molar-refractivity contribution in [3.05, 3.63) is 18.2 Å². The second-order valence-corrected chi connectivity index (χ2v) is 8.86. The van der Waals surface area contributed by atoms with Crippen molar-refractivity contribution in [3.63, 3.8) is 0 Å². The molecule has 0 unspecified atom stereocenters. The molecule has 0 radical (unpaired) electrons. The van der Waals surface area contributed by atoms with E-state index in [4.69, 9.17) is 17.0 Å². The monoisotopic (exact) mass is 406 g/mol. The van der Waals surface area contributed by atoms with Gasteiger partial charge in [0.25, 0.3) is 0 Å². The molecule has 146 valence electrons. The zero-order chi connectivity index (χ0) is 19.6. The molecular weight excluding hydrogens is 380 g/mol. The standard InChI is InChI=1S/C19H26N4O2S2/c1-5-25-13-6-7-14-15(10-13)27-17(20-14)21-16(24)8-9-23-12(2)11-19(3,4)22-18(23)26/h6-7,10,12H,5,8-9,11H2,1-4H3,(H,22,26)(H,20,21,24)/t12-/m1/s1. The van der Waals surface area contributed by atoms with E-state index in [0.29, 0.717) is 30.7 Å². The molecule has 2 N–H and O–H groups in total. The topological polar surface area (TPSA) is 66.5 Å². The average Bonchev–Trinajstić information content (AvgIpc) is 2.94. The maximum absolute atomic E-state index is 12.4. The fourth-order valence-electron chi connectivity index (χ4n) is 3.40. The van der Waals surface area contributed by atoms with Crippen LogP contribution in [0.2, 0.25) is 0 Å². The fraction of sp³-hybridized carbons (Fsp3) is 0.526. The first-order valence-electron chi connectivity index (χ1n) is 9.19. The molecule has 6 nitrogen and oxygen atoms in total. The largest absolute Gasteiger partial charge is 0.494 e. The summed E-state index contributed by atoms with van der Waals surface area (Å²) in [6.07, 6.45) is 1.35. The Morgan fingerprint density at radius 2 is 2.30 bits per heavy atom. The zero-order valence-electron chi connectivity index (χ0n) is 16.2. The number of hydrogen-bond donors (Lipinski definition) is 2. The number of hydrogen-bond acceptors (Lipinski definition) is 5. The second-order valence-electron chi connectivity index (χ2n) is 7.44. The van der Waals surface area contributed by atoms with E-state index in [2.05, 4.69) is 41.3 Å². The van der Waals surface area contributed by atoms with Crippen LogP contribution in [-0.4, -0.2) is 45.6 Å². The van der Waals surface area contributed by atoms with Gasteiger partial charge in [0.05, 0.1) is 16.8 Å². The van der Waals surface area contributed by atoms with Crippen LogP contribution in [0.1, 0.15) is 40.5 Å². The van der Waals surface area contributed by atoms with Crippen LogP contribution in [0.5, 0.6) is 5.75 Å². The summed E-state index contributed by atoms with van der Waals surface area (Å²) < 4.78 is 6.51. The number of nitrogens with one attached hydrogen (secondary N) is 2. The van der Waals surface area contributed by atoms with Crippen molar-refractivity contribution in [3.8, 4) is 5.75 Å². The Balaban J connectivity index is 1.58. The third-order valence-corrected chi connectivity index (χ3v) is 5.81. The number of thiocarbonyl (C=S) groups is 1. The van der Waals surface area contributed by atoms with Crippen molar-refractivity contribution in [2.45, 2.75) is 52.1 Å². The molecule has 1 aromatic carbocycles. The molecule has 1 atom stereocenters. The average molecular weight is 407 g/mol. The number of rotatable bonds is 6. The molecule has 1 fully saturated rings. The van der Waals surface area contributed by atoms with Crippen molar-refractivity contribution in [2.24, 2.45) is 0 Å². The van der Waals surface area contributed by atoms with E-state index in [9.17, 15) is 4.79 Å². The lowest BCUT2D eigenvalue weighted by Crippen LogP contribution is -2.60. The number of carbonyl (C=O) groups excluding carboxylic acids is 1. The molecule has 0 spiro atoms. The predicted octanol–water partition coefficient (Wildman–Crippen LogP) is 3.77. The number of carbonyl (C=O) groups is 1. The number of thiazole rings is 1. The quantitative estimate of drug-likeness (QED) is 0.712. The third kappa shape index (κ3) is 4.87. The highest BCUT2D eigenvalue weighted by Gasteiger charge is 2.33. The number of ether oxygens (including phenoxy) is 1. The van der Waals surface area contributed by atoms with E-state index in [-0.39, 0.29) is 11.4 Å². The molecule has 0 bridgehead atoms. The normalized spacial score (nSPS) is 19.0. The first-order chi connectivity index (χ1) is 12.8. The summed E-state index contributed by atoms with van der Waals surface area (Å²) in [4.78, 5) is 18.9. The van der Waals surface area contributed by atoms with Crippen LogP contribution in [0, 0.1) is 0 Å². The number of nitrogens with zero attached hydrogens (tertiary/aromatic N) is 2. The Labute approximate surface area is 169 Å². The van der Waals surface area contributed by atoms with Crippen LogP contribution in [0.3, 0.4) is 0 Å². The highest BCUT2D eigenvalue weighted by atomic mass is 32.1. The lowest BCUT2D eigenvalue weighted by Gasteiger charge is -2.44. The number of benzene rings is 1. The predicted molar refractivity (Wildman–Crippen MR) is 115 cm³/mol. The second kappa shape index (κ2) is 7.98. The summed E-state index contributed by atoms with van der Waals surface area (Å²) in [5.41, 5.74) is 0.854. The maximum atomic E-state index is 12.4. The van der Waals surface area contributed by atoms with Gasteiger partial charge in [0.1, 0.15) is 5.75 Å². The molecule has 1 aliphatic heterocycles. The maximum Gasteiger partial charge on any atom is 0.227 e. The van der Waals surface area contributed by atoms with Gasteiger partial charge in [0.15, 0.2) is 10.2 Å². The Bertz CT molecular complexity index is 849. The molecule has 8 heteroatoms. The molecule has 1 aliphatic rings. The van der Waals surface area contributed by atoms with Crippen LogP contribution < -0.4 is 15.4 Å². The first kappa shape index (κ1) is 19.8. The van der Waals surface area contributed by atoms with Gasteiger partial charge in [-0.2, -0.15) is 0 Å². The summed E-state index contributed by atoms with van der Waals surface area (Å²) in [5.74, 6) is 0.758. The Kier molecular flexibility index (Phi) is 5.86. The van der Waals surface area contributed by atoms with Crippen molar-refractivity contribution in [1.82, 2.24) is 15.2 Å². The summed E-state index contributed by atoms with van der Waals surface area (Å²) in [6, 6.07) is 6.06. The van der Waals surface area contributed by atoms with Gasteiger partial charge in [0, 0.05) is 24.5 Å². The minimum atomic E-state index is -0.0566. The van der Waals surface area contributed by atoms with E-state index in [0.717, 1.165) is 27.5 Å². The van der Waals surface area contributed by atoms with Crippen LogP contribution in [0.15, 0.2) is 18.2 Å². The summed E-state index contributed by atoms with van der Waals surface area (Å²) in [7, 11) is 0. The van der Waals surface area contributed by atoms with Crippen molar-refractivity contribution >= 4 is 49.9 Å². The highest BCUT2D eigenvalue weighted by molar-refractivity contribution is 7.80. The number of fused-ring (bicyclic) bond motifs is 1. The lowest BCUT2D eigenvalue weighted by atomic mass is 9.93. The Morgan fingerprint density at radius 1 is 1.52 bits per heavy atom. The zero-order valence-corrected chi connectivity index (χ0v) is 17.8. The van der Waals surface area contributed by atoms with Crippen LogP contribution in [-0.2, 0) is 4.79 Å². The molecule has 1 amide bonds. The molecule has 2 heterocycles. The first-order valence-corrected chi connectivity index (χ1v) is 10.4. The molecule has 0 aliphatic carbocycles. The summed E-state index contributed by atoms with van der Waals surface area (Å²) in [5, 5.41) is 7.58. The molecule has 0 saturated carbocycles. The van der Waals surface area contributed by atoms with Crippen molar-refractivity contribution < 1.29 is 9.53 Å². The van der Waals surface area contributed by atoms with E-state index in [1.165, 1.54) is 11.3 Å². The molecule has 2 aromatic rings. The van der Waals surface area contributed by atoms with Gasteiger partial charge >= 0.3 is 0 Å². The van der Waals surface area contributed by atoms with Gasteiger partial charge in [-0.25, -0.2) is 4.98 Å². The van der Waals surface area contributed by atoms with E-state index < -0.39 is 0 Å². The van der Waals surface area contributed by atoms with Crippen molar-refractivity contribution in [1.29, 1.82) is 0 Å². The molecular formula is C19H26N4O2S2.